The van der Waals surface area contributed by atoms with E-state index in [4.69, 9.17) is 0 Å². The van der Waals surface area contributed by atoms with Crippen LogP contribution in [0.5, 0.6) is 0 Å². The summed E-state index contributed by atoms with van der Waals surface area (Å²) in [6, 6.07) is 3.16. The zero-order valence-corrected chi connectivity index (χ0v) is 12.2. The zero-order valence-electron chi connectivity index (χ0n) is 8.25. The maximum absolute atomic E-state index is 11.4. The lowest BCUT2D eigenvalue weighted by Gasteiger charge is -2.07. The predicted molar refractivity (Wildman–Crippen MR) is 73.0 cm³/mol. The van der Waals surface area contributed by atoms with Crippen molar-refractivity contribution in [2.75, 3.05) is 9.38 Å². The first-order chi connectivity index (χ1) is 7.91. The van der Waals surface area contributed by atoms with Gasteiger partial charge in [-0.2, -0.15) is 0 Å². The molecule has 0 atom stereocenters. The number of aromatic nitrogens is 2. The van der Waals surface area contributed by atoms with Crippen LogP contribution in [0.25, 0.3) is 11.0 Å². The van der Waals surface area contributed by atoms with Gasteiger partial charge in [-0.3, -0.25) is 4.72 Å². The van der Waals surface area contributed by atoms with Crippen LogP contribution in [-0.2, 0) is 10.0 Å². The highest BCUT2D eigenvalue weighted by Crippen LogP contribution is 2.27. The highest BCUT2D eigenvalue weighted by atomic mass is 79.9. The molecule has 1 aromatic heterocycles. The Labute approximate surface area is 113 Å². The second kappa shape index (κ2) is 4.46. The minimum absolute atomic E-state index is 0.200. The summed E-state index contributed by atoms with van der Waals surface area (Å²) < 4.78 is 25.5. The molecule has 1 heterocycles. The standard InChI is InChI=1S/C8H7Br2N3O3S/c9-3-17(15,16)13-5-2-7-6(1-4(5)10)11-8(14)12-7/h1-2,13H,3H2,(H2,11,12,14). The van der Waals surface area contributed by atoms with E-state index in [0.717, 1.165) is 0 Å². The number of fused-ring (bicyclic) bond motifs is 1. The Kier molecular flexibility index (Phi) is 3.32. The van der Waals surface area contributed by atoms with Crippen molar-refractivity contribution in [1.82, 2.24) is 9.97 Å². The lowest BCUT2D eigenvalue weighted by molar-refractivity contribution is 0.606. The minimum atomic E-state index is -3.42. The number of halogens is 2. The summed E-state index contributed by atoms with van der Waals surface area (Å²) in [7, 11) is -3.42. The molecule has 3 N–H and O–H groups in total. The summed E-state index contributed by atoms with van der Waals surface area (Å²) in [5.41, 5.74) is 1.16. The Morgan fingerprint density at radius 2 is 1.82 bits per heavy atom. The van der Waals surface area contributed by atoms with Crippen LogP contribution in [0.1, 0.15) is 0 Å². The fourth-order valence-electron chi connectivity index (χ4n) is 1.33. The van der Waals surface area contributed by atoms with E-state index < -0.39 is 10.0 Å². The van der Waals surface area contributed by atoms with Gasteiger partial charge in [0.05, 0.1) is 16.7 Å². The van der Waals surface area contributed by atoms with E-state index in [1.165, 1.54) is 6.07 Å². The Hall–Kier alpha value is -0.800. The first-order valence-corrected chi connectivity index (χ1v) is 7.96. The predicted octanol–water partition coefficient (Wildman–Crippen LogP) is 1.71. The summed E-state index contributed by atoms with van der Waals surface area (Å²) in [4.78, 5) is 16.2. The third kappa shape index (κ3) is 2.72. The number of sulfonamides is 1. The lowest BCUT2D eigenvalue weighted by Crippen LogP contribution is -2.13. The molecule has 0 unspecified atom stereocenters. The Bertz CT molecular complexity index is 719. The summed E-state index contributed by atoms with van der Waals surface area (Å²) in [5, 5.41) is 0. The van der Waals surface area contributed by atoms with Crippen LogP contribution in [0, 0.1) is 0 Å². The van der Waals surface area contributed by atoms with Gasteiger partial charge in [-0.05, 0) is 28.1 Å². The smallest absolute Gasteiger partial charge is 0.306 e. The fourth-order valence-corrected chi connectivity index (χ4v) is 2.80. The van der Waals surface area contributed by atoms with Crippen LogP contribution in [0.2, 0.25) is 0 Å². The molecule has 0 amide bonds. The second-order valence-corrected chi connectivity index (χ2v) is 7.16. The number of anilines is 1. The van der Waals surface area contributed by atoms with Crippen molar-refractivity contribution in [1.29, 1.82) is 0 Å². The van der Waals surface area contributed by atoms with Gasteiger partial charge in [-0.1, -0.05) is 15.9 Å². The molecule has 0 fully saturated rings. The molecule has 0 spiro atoms. The lowest BCUT2D eigenvalue weighted by atomic mass is 10.3. The third-order valence-electron chi connectivity index (χ3n) is 2.01. The summed E-state index contributed by atoms with van der Waals surface area (Å²) in [6.07, 6.45) is 0. The highest BCUT2D eigenvalue weighted by molar-refractivity contribution is 9.11. The van der Waals surface area contributed by atoms with Gasteiger partial charge in [0.1, 0.15) is 4.66 Å². The fraction of sp³-hybridized carbons (Fsp3) is 0.125. The van der Waals surface area contributed by atoms with Gasteiger partial charge in [-0.25, -0.2) is 13.2 Å². The van der Waals surface area contributed by atoms with E-state index in [2.05, 4.69) is 46.5 Å². The van der Waals surface area contributed by atoms with Crippen molar-refractivity contribution in [2.45, 2.75) is 0 Å². The van der Waals surface area contributed by atoms with Gasteiger partial charge >= 0.3 is 5.69 Å². The van der Waals surface area contributed by atoms with Gasteiger partial charge in [0.2, 0.25) is 10.0 Å². The molecule has 0 aliphatic carbocycles. The molecule has 0 bridgehead atoms. The van der Waals surface area contributed by atoms with E-state index in [0.29, 0.717) is 21.2 Å². The molecular formula is C8H7Br2N3O3S. The van der Waals surface area contributed by atoms with Crippen molar-refractivity contribution in [3.8, 4) is 0 Å². The van der Waals surface area contributed by atoms with Crippen LogP contribution >= 0.6 is 31.9 Å². The summed E-state index contributed by atoms with van der Waals surface area (Å²) >= 11 is 6.11. The third-order valence-corrected chi connectivity index (χ3v) is 5.30. The number of rotatable bonds is 3. The highest BCUT2D eigenvalue weighted by Gasteiger charge is 2.12. The van der Waals surface area contributed by atoms with Crippen molar-refractivity contribution < 1.29 is 8.42 Å². The zero-order chi connectivity index (χ0) is 12.6. The van der Waals surface area contributed by atoms with Gasteiger partial charge in [-0.15, -0.1) is 0 Å². The van der Waals surface area contributed by atoms with Crippen molar-refractivity contribution >= 4 is 58.6 Å². The number of hydrogen-bond donors (Lipinski definition) is 3. The number of H-pyrrole nitrogens is 2. The molecule has 1 aromatic carbocycles. The van der Waals surface area contributed by atoms with E-state index >= 15 is 0 Å². The van der Waals surface area contributed by atoms with Crippen LogP contribution in [0.15, 0.2) is 21.4 Å². The molecule has 0 saturated heterocycles. The van der Waals surface area contributed by atoms with Gasteiger partial charge in [0.15, 0.2) is 0 Å². The van der Waals surface area contributed by atoms with E-state index in [-0.39, 0.29) is 10.4 Å². The molecule has 17 heavy (non-hydrogen) atoms. The van der Waals surface area contributed by atoms with Crippen LogP contribution in [0.4, 0.5) is 5.69 Å². The van der Waals surface area contributed by atoms with Gasteiger partial charge < -0.3 is 9.97 Å². The molecule has 2 rings (SSSR count). The van der Waals surface area contributed by atoms with E-state index in [1.54, 1.807) is 6.07 Å². The molecule has 0 saturated carbocycles. The largest absolute Gasteiger partial charge is 0.323 e. The number of aromatic amines is 2. The average Bonchev–Trinajstić information content (AvgIpc) is 2.58. The summed E-state index contributed by atoms with van der Waals surface area (Å²) in [6.45, 7) is 0. The number of hydrogen-bond acceptors (Lipinski definition) is 3. The molecular weight excluding hydrogens is 378 g/mol. The molecule has 0 aliphatic heterocycles. The molecule has 0 radical (unpaired) electrons. The van der Waals surface area contributed by atoms with Crippen molar-refractivity contribution in [3.05, 3.63) is 27.1 Å². The first kappa shape index (κ1) is 12.7. The maximum Gasteiger partial charge on any atom is 0.323 e. The molecule has 6 nitrogen and oxygen atoms in total. The minimum Gasteiger partial charge on any atom is -0.306 e. The van der Waals surface area contributed by atoms with Crippen LogP contribution < -0.4 is 10.4 Å². The monoisotopic (exact) mass is 383 g/mol. The van der Waals surface area contributed by atoms with Crippen LogP contribution in [-0.4, -0.2) is 23.0 Å². The molecule has 92 valence electrons. The number of benzene rings is 1. The Balaban J connectivity index is 2.54. The normalized spacial score (nSPS) is 11.9. The molecule has 0 aliphatic rings. The average molecular weight is 385 g/mol. The first-order valence-electron chi connectivity index (χ1n) is 4.39. The van der Waals surface area contributed by atoms with Crippen molar-refractivity contribution in [2.24, 2.45) is 0 Å². The number of imidazole rings is 1. The molecule has 9 heteroatoms. The maximum atomic E-state index is 11.4. The van der Waals surface area contributed by atoms with Gasteiger partial charge in [0, 0.05) is 4.47 Å². The van der Waals surface area contributed by atoms with E-state index in [1.807, 2.05) is 0 Å². The quantitative estimate of drug-likeness (QED) is 0.703. The SMILES string of the molecule is O=c1[nH]c2cc(Br)c(NS(=O)(=O)CBr)cc2[nH]1. The Morgan fingerprint density at radius 3 is 2.41 bits per heavy atom. The topological polar surface area (TPSA) is 94.8 Å². The molecule has 2 aromatic rings. The van der Waals surface area contributed by atoms with E-state index in [9.17, 15) is 13.2 Å². The number of alkyl halides is 1. The summed E-state index contributed by atoms with van der Waals surface area (Å²) in [5.74, 6) is 0. The van der Waals surface area contributed by atoms with Crippen molar-refractivity contribution in [3.63, 3.8) is 0 Å². The van der Waals surface area contributed by atoms with Crippen LogP contribution in [0.3, 0.4) is 0 Å². The van der Waals surface area contributed by atoms with Gasteiger partial charge in [0.25, 0.3) is 0 Å². The Morgan fingerprint density at radius 1 is 1.24 bits per heavy atom. The number of nitrogens with one attached hydrogen (secondary N) is 3. The second-order valence-electron chi connectivity index (χ2n) is 3.28.